The first-order chi connectivity index (χ1) is 11.6. The molecule has 0 unspecified atom stereocenters. The minimum Gasteiger partial charge on any atom is -0.507 e. The Morgan fingerprint density at radius 1 is 1.42 bits per heavy atom. The topological polar surface area (TPSA) is 58.9 Å². The minimum absolute atomic E-state index is 0.0992. The van der Waals surface area contributed by atoms with Crippen molar-refractivity contribution in [1.29, 1.82) is 0 Å². The summed E-state index contributed by atoms with van der Waals surface area (Å²) in [5, 5.41) is 11.1. The van der Waals surface area contributed by atoms with Crippen LogP contribution in [0.1, 0.15) is 46.1 Å². The molecule has 126 valence electrons. The van der Waals surface area contributed by atoms with E-state index in [-0.39, 0.29) is 11.7 Å². The van der Waals surface area contributed by atoms with Gasteiger partial charge in [-0.05, 0) is 56.4 Å². The smallest absolute Gasteiger partial charge is 0.341 e. The van der Waals surface area contributed by atoms with Gasteiger partial charge in [0.25, 0.3) is 0 Å². The maximum Gasteiger partial charge on any atom is 0.341 e. The number of fused-ring (bicyclic) bond motifs is 1. The van der Waals surface area contributed by atoms with Crippen LogP contribution in [0.15, 0.2) is 23.2 Å². The van der Waals surface area contributed by atoms with Crippen molar-refractivity contribution in [3.63, 3.8) is 0 Å². The number of hydrogen-bond donors (Lipinski definition) is 1. The van der Waals surface area contributed by atoms with Crippen LogP contribution >= 0.6 is 22.9 Å². The van der Waals surface area contributed by atoms with E-state index in [9.17, 15) is 9.90 Å². The molecule has 1 aromatic heterocycles. The molecule has 0 atom stereocenters. The van der Waals surface area contributed by atoms with Crippen molar-refractivity contribution in [1.82, 2.24) is 0 Å². The average molecular weight is 364 g/mol. The summed E-state index contributed by atoms with van der Waals surface area (Å²) >= 11 is 7.49. The highest BCUT2D eigenvalue weighted by Gasteiger charge is 2.26. The molecule has 0 fully saturated rings. The molecule has 0 saturated carbocycles. The van der Waals surface area contributed by atoms with Crippen molar-refractivity contribution >= 4 is 40.1 Å². The quantitative estimate of drug-likeness (QED) is 0.620. The number of rotatable bonds is 4. The van der Waals surface area contributed by atoms with Crippen LogP contribution < -0.4 is 0 Å². The van der Waals surface area contributed by atoms with E-state index in [0.717, 1.165) is 31.2 Å². The highest BCUT2D eigenvalue weighted by Crippen LogP contribution is 2.40. The third kappa shape index (κ3) is 3.47. The van der Waals surface area contributed by atoms with Gasteiger partial charge < -0.3 is 9.84 Å². The Hall–Kier alpha value is -1.85. The lowest BCUT2D eigenvalue weighted by molar-refractivity contribution is 0.0526. The van der Waals surface area contributed by atoms with Gasteiger partial charge in [-0.1, -0.05) is 11.6 Å². The van der Waals surface area contributed by atoms with Gasteiger partial charge in [-0.25, -0.2) is 9.79 Å². The molecule has 0 aliphatic heterocycles. The second-order valence-electron chi connectivity index (χ2n) is 5.57. The Morgan fingerprint density at radius 2 is 2.21 bits per heavy atom. The van der Waals surface area contributed by atoms with E-state index in [0.29, 0.717) is 27.8 Å². The van der Waals surface area contributed by atoms with Crippen LogP contribution in [0.2, 0.25) is 5.02 Å². The lowest BCUT2D eigenvalue weighted by Crippen LogP contribution is -2.09. The number of carbonyl (C=O) groups is 1. The summed E-state index contributed by atoms with van der Waals surface area (Å²) in [5.41, 5.74) is 2.17. The van der Waals surface area contributed by atoms with E-state index in [1.54, 1.807) is 25.3 Å². The Kier molecular flexibility index (Phi) is 5.21. The van der Waals surface area contributed by atoms with E-state index in [1.165, 1.54) is 22.3 Å². The van der Waals surface area contributed by atoms with E-state index in [4.69, 9.17) is 16.3 Å². The lowest BCUT2D eigenvalue weighted by Gasteiger charge is -2.11. The third-order valence-electron chi connectivity index (χ3n) is 3.94. The van der Waals surface area contributed by atoms with Crippen LogP contribution in [0.4, 0.5) is 5.00 Å². The molecule has 1 N–H and O–H groups in total. The SMILES string of the molecule is CCOC(=O)c1c(N=Cc2cc(Cl)ccc2O)sc2c1CCCC2. The van der Waals surface area contributed by atoms with Gasteiger partial charge in [-0.2, -0.15) is 0 Å². The van der Waals surface area contributed by atoms with Gasteiger partial charge in [0.05, 0.1) is 12.2 Å². The van der Waals surface area contributed by atoms with Crippen molar-refractivity contribution in [2.45, 2.75) is 32.6 Å². The van der Waals surface area contributed by atoms with Gasteiger partial charge in [0.1, 0.15) is 10.8 Å². The van der Waals surface area contributed by atoms with Crippen LogP contribution in [0.3, 0.4) is 0 Å². The van der Waals surface area contributed by atoms with E-state index in [2.05, 4.69) is 4.99 Å². The Morgan fingerprint density at radius 3 is 3.00 bits per heavy atom. The van der Waals surface area contributed by atoms with E-state index < -0.39 is 0 Å². The van der Waals surface area contributed by atoms with Crippen LogP contribution in [-0.2, 0) is 17.6 Å². The first-order valence-electron chi connectivity index (χ1n) is 7.94. The molecule has 3 rings (SSSR count). The van der Waals surface area contributed by atoms with Crippen LogP contribution in [-0.4, -0.2) is 23.9 Å². The highest BCUT2D eigenvalue weighted by molar-refractivity contribution is 7.16. The molecule has 0 spiro atoms. The number of benzene rings is 1. The molecule has 1 aliphatic rings. The summed E-state index contributed by atoms with van der Waals surface area (Å²) < 4.78 is 5.21. The number of aryl methyl sites for hydroxylation is 1. The number of hydrogen-bond acceptors (Lipinski definition) is 5. The maximum absolute atomic E-state index is 12.4. The second-order valence-corrected chi connectivity index (χ2v) is 7.09. The fraction of sp³-hybridized carbons (Fsp3) is 0.333. The number of esters is 1. The monoisotopic (exact) mass is 363 g/mol. The zero-order valence-electron chi connectivity index (χ0n) is 13.3. The van der Waals surface area contributed by atoms with Crippen molar-refractivity contribution in [3.8, 4) is 5.75 Å². The van der Waals surface area contributed by atoms with Crippen molar-refractivity contribution in [2.75, 3.05) is 6.61 Å². The van der Waals surface area contributed by atoms with Crippen molar-refractivity contribution in [2.24, 2.45) is 4.99 Å². The zero-order chi connectivity index (χ0) is 17.1. The Labute approximate surface area is 149 Å². The summed E-state index contributed by atoms with van der Waals surface area (Å²) in [6, 6.07) is 4.77. The number of thiophene rings is 1. The number of aliphatic imine (C=N–C) groups is 1. The zero-order valence-corrected chi connectivity index (χ0v) is 14.9. The molecule has 4 nitrogen and oxygen atoms in total. The molecular weight excluding hydrogens is 346 g/mol. The predicted octanol–water partition coefficient (Wildman–Crippen LogP) is 4.91. The molecule has 0 saturated heterocycles. The first-order valence-corrected chi connectivity index (χ1v) is 9.13. The molecule has 1 heterocycles. The number of aromatic hydroxyl groups is 1. The van der Waals surface area contributed by atoms with Crippen molar-refractivity contribution < 1.29 is 14.6 Å². The summed E-state index contributed by atoms with van der Waals surface area (Å²) in [5.74, 6) is -0.221. The van der Waals surface area contributed by atoms with Gasteiger partial charge in [-0.15, -0.1) is 11.3 Å². The normalized spacial score (nSPS) is 13.9. The Bertz CT molecular complexity index is 798. The van der Waals surface area contributed by atoms with Gasteiger partial charge in [0, 0.05) is 21.7 Å². The van der Waals surface area contributed by atoms with Crippen molar-refractivity contribution in [3.05, 3.63) is 44.8 Å². The molecule has 0 radical (unpaired) electrons. The molecule has 1 aliphatic carbocycles. The van der Waals surface area contributed by atoms with Crippen LogP contribution in [0.25, 0.3) is 0 Å². The number of phenols is 1. The number of nitrogens with zero attached hydrogens (tertiary/aromatic N) is 1. The van der Waals surface area contributed by atoms with Crippen LogP contribution in [0, 0.1) is 0 Å². The van der Waals surface area contributed by atoms with E-state index >= 15 is 0 Å². The molecule has 6 heteroatoms. The fourth-order valence-electron chi connectivity index (χ4n) is 2.81. The fourth-order valence-corrected chi connectivity index (χ4v) is 4.21. The molecule has 24 heavy (non-hydrogen) atoms. The van der Waals surface area contributed by atoms with Gasteiger partial charge in [0.2, 0.25) is 0 Å². The minimum atomic E-state index is -0.320. The molecule has 2 aromatic rings. The second kappa shape index (κ2) is 7.36. The largest absolute Gasteiger partial charge is 0.507 e. The summed E-state index contributed by atoms with van der Waals surface area (Å²) in [4.78, 5) is 18.0. The van der Waals surface area contributed by atoms with Crippen LogP contribution in [0.5, 0.6) is 5.75 Å². The number of ether oxygens (including phenoxy) is 1. The average Bonchev–Trinajstić information content (AvgIpc) is 2.94. The lowest BCUT2D eigenvalue weighted by atomic mass is 9.95. The predicted molar refractivity (Wildman–Crippen MR) is 97.3 cm³/mol. The molecule has 0 bridgehead atoms. The van der Waals surface area contributed by atoms with Gasteiger partial charge in [0.15, 0.2) is 0 Å². The van der Waals surface area contributed by atoms with E-state index in [1.807, 2.05) is 0 Å². The highest BCUT2D eigenvalue weighted by atomic mass is 35.5. The van der Waals surface area contributed by atoms with Gasteiger partial charge in [-0.3, -0.25) is 0 Å². The summed E-state index contributed by atoms with van der Waals surface area (Å²) in [6.07, 6.45) is 5.62. The first kappa shape index (κ1) is 17.0. The Balaban J connectivity index is 2.00. The third-order valence-corrected chi connectivity index (χ3v) is 5.38. The maximum atomic E-state index is 12.4. The van der Waals surface area contributed by atoms with Gasteiger partial charge >= 0.3 is 5.97 Å². The molecule has 0 amide bonds. The number of carbonyl (C=O) groups excluding carboxylic acids is 1. The number of phenolic OH excluding ortho intramolecular Hbond substituents is 1. The summed E-state index contributed by atoms with van der Waals surface area (Å²) in [7, 11) is 0. The summed E-state index contributed by atoms with van der Waals surface area (Å²) in [6.45, 7) is 2.13. The molecular formula is C18H18ClNO3S. The molecule has 1 aromatic carbocycles. The standard InChI is InChI=1S/C18H18ClNO3S/c1-2-23-18(22)16-13-5-3-4-6-15(13)24-17(16)20-10-11-9-12(19)7-8-14(11)21/h7-10,21H,2-6H2,1H3. The number of halogens is 1.